The number of piperidine rings is 1. The molecule has 2 rings (SSSR count). The lowest BCUT2D eigenvalue weighted by atomic mass is 9.89. The van der Waals surface area contributed by atoms with Crippen molar-refractivity contribution < 1.29 is 13.2 Å². The lowest BCUT2D eigenvalue weighted by Gasteiger charge is -2.33. The monoisotopic (exact) mass is 314 g/mol. The van der Waals surface area contributed by atoms with Crippen LogP contribution in [0.4, 0.5) is 0 Å². The van der Waals surface area contributed by atoms with Gasteiger partial charge in [0, 0.05) is 25.0 Å². The van der Waals surface area contributed by atoms with Gasteiger partial charge < -0.3 is 10.6 Å². The third-order valence-electron chi connectivity index (χ3n) is 4.05. The van der Waals surface area contributed by atoms with Crippen molar-refractivity contribution in [3.8, 4) is 0 Å². The highest BCUT2D eigenvalue weighted by Crippen LogP contribution is 2.31. The van der Waals surface area contributed by atoms with Gasteiger partial charge in [0.2, 0.25) is 5.91 Å². The number of hydrogen-bond acceptors (Lipinski definition) is 4. The maximum Gasteiger partial charge on any atom is 0.302 e. The molecule has 1 aromatic rings. The van der Waals surface area contributed by atoms with Gasteiger partial charge in [-0.05, 0) is 44.2 Å². The number of nitrogens with two attached hydrogens (primary N) is 2. The third-order valence-corrected chi connectivity index (χ3v) is 4.99. The molecule has 1 fully saturated rings. The zero-order valence-electron chi connectivity index (χ0n) is 12.3. The predicted octanol–water partition coefficient (Wildman–Crippen LogP) is -0.0987. The summed E-state index contributed by atoms with van der Waals surface area (Å²) in [6.07, 6.45) is 3.08. The summed E-state index contributed by atoms with van der Waals surface area (Å²) in [4.78, 5) is 13.6. The van der Waals surface area contributed by atoms with Gasteiger partial charge in [-0.15, -0.1) is 0 Å². The number of likely N-dealkylation sites (tertiary alicyclic amines) is 1. The number of carbonyl (C=O) groups excluding carboxylic acids is 1. The van der Waals surface area contributed by atoms with E-state index in [1.807, 2.05) is 0 Å². The Balaban J connectivity index is 2.10. The van der Waals surface area contributed by atoms with Crippen molar-refractivity contribution in [3.05, 3.63) is 23.5 Å². The Kier molecular flexibility index (Phi) is 4.40. The average Bonchev–Trinajstić information content (AvgIpc) is 2.79. The van der Waals surface area contributed by atoms with E-state index in [0.717, 1.165) is 22.4 Å². The molecule has 0 saturated carbocycles. The molecule has 8 heteroatoms. The van der Waals surface area contributed by atoms with E-state index >= 15 is 0 Å². The molecule has 7 nitrogen and oxygen atoms in total. The molecule has 1 aromatic heterocycles. The standard InChI is InChI=1S/C13H22N4O3S/c1-9(14)13(18)16-6-3-11(4-7-16)12-5-8-17(10(12)2)21(15,19)20/h5,8-9,11H,3-4,6-7,14H2,1-2H3,(H2,15,19,20). The van der Waals surface area contributed by atoms with E-state index in [1.54, 1.807) is 24.8 Å². The fraction of sp³-hybridized carbons (Fsp3) is 0.615. The van der Waals surface area contributed by atoms with Gasteiger partial charge in [-0.25, -0.2) is 9.11 Å². The second kappa shape index (κ2) is 5.78. The van der Waals surface area contributed by atoms with Crippen LogP contribution in [0.25, 0.3) is 0 Å². The minimum Gasteiger partial charge on any atom is -0.341 e. The molecule has 2 heterocycles. The molecule has 4 N–H and O–H groups in total. The Morgan fingerprint density at radius 2 is 1.95 bits per heavy atom. The van der Waals surface area contributed by atoms with Gasteiger partial charge in [0.05, 0.1) is 6.04 Å². The summed E-state index contributed by atoms with van der Waals surface area (Å²) >= 11 is 0. The van der Waals surface area contributed by atoms with Crippen molar-refractivity contribution in [2.24, 2.45) is 10.9 Å². The number of hydrogen-bond donors (Lipinski definition) is 2. The quantitative estimate of drug-likeness (QED) is 0.811. The van der Waals surface area contributed by atoms with Gasteiger partial charge in [-0.1, -0.05) is 0 Å². The average molecular weight is 314 g/mol. The summed E-state index contributed by atoms with van der Waals surface area (Å²) in [7, 11) is -3.75. The Morgan fingerprint density at radius 1 is 1.38 bits per heavy atom. The largest absolute Gasteiger partial charge is 0.341 e. The lowest BCUT2D eigenvalue weighted by molar-refractivity contribution is -0.133. The lowest BCUT2D eigenvalue weighted by Crippen LogP contribution is -2.45. The van der Waals surface area contributed by atoms with Gasteiger partial charge in [0.1, 0.15) is 0 Å². The molecular weight excluding hydrogens is 292 g/mol. The van der Waals surface area contributed by atoms with Gasteiger partial charge in [0.15, 0.2) is 0 Å². The molecule has 0 radical (unpaired) electrons. The molecule has 118 valence electrons. The third kappa shape index (κ3) is 3.28. The molecule has 1 aliphatic rings. The van der Waals surface area contributed by atoms with E-state index < -0.39 is 16.3 Å². The maximum atomic E-state index is 11.8. The SMILES string of the molecule is Cc1c(C2CCN(C(=O)C(C)N)CC2)ccn1S(N)(=O)=O. The van der Waals surface area contributed by atoms with Crippen LogP contribution in [0.15, 0.2) is 12.3 Å². The van der Waals surface area contributed by atoms with Crippen molar-refractivity contribution in [3.63, 3.8) is 0 Å². The van der Waals surface area contributed by atoms with E-state index in [-0.39, 0.29) is 11.8 Å². The van der Waals surface area contributed by atoms with E-state index in [0.29, 0.717) is 18.8 Å². The van der Waals surface area contributed by atoms with Gasteiger partial charge in [-0.2, -0.15) is 8.42 Å². The number of aromatic nitrogens is 1. The molecule has 1 aliphatic heterocycles. The second-order valence-corrected chi connectivity index (χ2v) is 7.01. The molecule has 1 atom stereocenters. The molecule has 21 heavy (non-hydrogen) atoms. The first-order chi connectivity index (χ1) is 9.71. The Morgan fingerprint density at radius 3 is 2.38 bits per heavy atom. The summed E-state index contributed by atoms with van der Waals surface area (Å²) in [6, 6.07) is 1.32. The van der Waals surface area contributed by atoms with Crippen LogP contribution < -0.4 is 10.9 Å². The Hall–Kier alpha value is -1.38. The van der Waals surface area contributed by atoms with Crippen LogP contribution in [0.3, 0.4) is 0 Å². The van der Waals surface area contributed by atoms with Crippen LogP contribution in [-0.4, -0.2) is 42.3 Å². The van der Waals surface area contributed by atoms with Crippen LogP contribution in [0.5, 0.6) is 0 Å². The first-order valence-corrected chi connectivity index (χ1v) is 8.47. The molecule has 0 aromatic carbocycles. The maximum absolute atomic E-state index is 11.8. The normalized spacial score (nSPS) is 18.8. The van der Waals surface area contributed by atoms with Gasteiger partial charge >= 0.3 is 10.2 Å². The highest BCUT2D eigenvalue weighted by Gasteiger charge is 2.27. The predicted molar refractivity (Wildman–Crippen MR) is 79.9 cm³/mol. The number of carbonyl (C=O) groups is 1. The summed E-state index contributed by atoms with van der Waals surface area (Å²) in [5, 5.41) is 5.16. The summed E-state index contributed by atoms with van der Waals surface area (Å²) in [5.74, 6) is 0.206. The molecule has 1 saturated heterocycles. The fourth-order valence-corrected chi connectivity index (χ4v) is 3.63. The molecule has 0 aliphatic carbocycles. The van der Waals surface area contributed by atoms with E-state index in [2.05, 4.69) is 0 Å². The number of amides is 1. The molecule has 0 spiro atoms. The highest BCUT2D eigenvalue weighted by atomic mass is 32.2. The van der Waals surface area contributed by atoms with Crippen LogP contribution in [0, 0.1) is 6.92 Å². The van der Waals surface area contributed by atoms with Gasteiger partial charge in [-0.3, -0.25) is 4.79 Å². The zero-order chi connectivity index (χ0) is 15.8. The minimum atomic E-state index is -3.75. The summed E-state index contributed by atoms with van der Waals surface area (Å²) < 4.78 is 24.0. The van der Waals surface area contributed by atoms with Crippen LogP contribution in [0.1, 0.15) is 36.9 Å². The summed E-state index contributed by atoms with van der Waals surface area (Å²) in [5.41, 5.74) is 7.24. The zero-order valence-corrected chi connectivity index (χ0v) is 13.1. The Bertz CT molecular complexity index is 628. The van der Waals surface area contributed by atoms with Crippen molar-refractivity contribution in [1.82, 2.24) is 8.87 Å². The fourth-order valence-electron chi connectivity index (χ4n) is 2.91. The molecule has 0 bridgehead atoms. The van der Waals surface area contributed by atoms with Crippen molar-refractivity contribution >= 4 is 16.1 Å². The summed E-state index contributed by atoms with van der Waals surface area (Å²) in [6.45, 7) is 4.72. The van der Waals surface area contributed by atoms with Crippen molar-refractivity contribution in [1.29, 1.82) is 0 Å². The first kappa shape index (κ1) is 16.0. The minimum absolute atomic E-state index is 0.0349. The van der Waals surface area contributed by atoms with E-state index in [9.17, 15) is 13.2 Å². The van der Waals surface area contributed by atoms with Crippen molar-refractivity contribution in [2.75, 3.05) is 13.1 Å². The molecule has 1 unspecified atom stereocenters. The molecule has 1 amide bonds. The highest BCUT2D eigenvalue weighted by molar-refractivity contribution is 7.87. The van der Waals surface area contributed by atoms with Crippen LogP contribution >= 0.6 is 0 Å². The number of rotatable bonds is 3. The van der Waals surface area contributed by atoms with E-state index in [4.69, 9.17) is 10.9 Å². The Labute approximate surface area is 125 Å². The van der Waals surface area contributed by atoms with Crippen LogP contribution in [-0.2, 0) is 15.0 Å². The first-order valence-electron chi connectivity index (χ1n) is 6.97. The van der Waals surface area contributed by atoms with E-state index in [1.165, 1.54) is 6.20 Å². The smallest absolute Gasteiger partial charge is 0.302 e. The van der Waals surface area contributed by atoms with Crippen LogP contribution in [0.2, 0.25) is 0 Å². The van der Waals surface area contributed by atoms with Gasteiger partial charge in [0.25, 0.3) is 0 Å². The second-order valence-electron chi connectivity index (χ2n) is 5.59. The van der Waals surface area contributed by atoms with Crippen molar-refractivity contribution in [2.45, 2.75) is 38.6 Å². The topological polar surface area (TPSA) is 111 Å². The molecular formula is C13H22N4O3S. The number of nitrogens with zero attached hydrogens (tertiary/aromatic N) is 2.